The first-order chi connectivity index (χ1) is 16.8. The zero-order valence-corrected chi connectivity index (χ0v) is 19.8. The first kappa shape index (κ1) is 25.1. The lowest BCUT2D eigenvalue weighted by Gasteiger charge is -2.10. The smallest absolute Gasteiger partial charge is 0.376 e. The van der Waals surface area contributed by atoms with Crippen LogP contribution in [0.3, 0.4) is 0 Å². The van der Waals surface area contributed by atoms with Gasteiger partial charge in [-0.25, -0.2) is 0 Å². The van der Waals surface area contributed by atoms with Gasteiger partial charge in [-0.2, -0.15) is 13.2 Å². The van der Waals surface area contributed by atoms with E-state index in [1.807, 2.05) is 35.0 Å². The molecular weight excluding hydrogens is 479 g/mol. The van der Waals surface area contributed by atoms with Crippen molar-refractivity contribution in [1.29, 1.82) is 0 Å². The summed E-state index contributed by atoms with van der Waals surface area (Å²) in [6.07, 6.45) is -0.494. The Morgan fingerprint density at radius 3 is 2.71 bits per heavy atom. The Bertz CT molecular complexity index is 1190. The van der Waals surface area contributed by atoms with E-state index in [2.05, 4.69) is 10.6 Å². The highest BCUT2D eigenvalue weighted by atomic mass is 32.2. The number of hydrogen-bond acceptors (Lipinski definition) is 4. The number of fused-ring (bicyclic) bond motifs is 1. The molecule has 1 fully saturated rings. The van der Waals surface area contributed by atoms with Gasteiger partial charge in [0.05, 0.1) is 17.4 Å². The molecule has 1 aliphatic heterocycles. The lowest BCUT2D eigenvalue weighted by molar-refractivity contribution is -0.137. The minimum atomic E-state index is -4.50. The summed E-state index contributed by atoms with van der Waals surface area (Å²) in [7, 11) is 0. The van der Waals surface area contributed by atoms with E-state index in [0.29, 0.717) is 13.1 Å². The van der Waals surface area contributed by atoms with Crippen molar-refractivity contribution in [2.45, 2.75) is 36.6 Å². The van der Waals surface area contributed by atoms with E-state index in [1.165, 1.54) is 23.9 Å². The summed E-state index contributed by atoms with van der Waals surface area (Å²) >= 11 is 1.43. The van der Waals surface area contributed by atoms with Crippen molar-refractivity contribution >= 4 is 34.5 Å². The topological polar surface area (TPSA) is 72.4 Å². The second-order valence-corrected chi connectivity index (χ2v) is 9.28. The first-order valence-electron chi connectivity index (χ1n) is 11.4. The zero-order chi connectivity index (χ0) is 24.8. The van der Waals surface area contributed by atoms with Crippen LogP contribution >= 0.6 is 11.8 Å². The number of ether oxygens (including phenoxy) is 1. The summed E-state index contributed by atoms with van der Waals surface area (Å²) < 4.78 is 46.2. The molecule has 0 bridgehead atoms. The van der Waals surface area contributed by atoms with Crippen LogP contribution in [-0.4, -0.2) is 47.9 Å². The summed E-state index contributed by atoms with van der Waals surface area (Å²) in [5.41, 5.74) is 0.0496. The predicted octanol–water partition coefficient (Wildman–Crippen LogP) is 4.48. The molecule has 3 aromatic rings. The lowest BCUT2D eigenvalue weighted by Crippen LogP contribution is -2.32. The Balaban J connectivity index is 1.34. The van der Waals surface area contributed by atoms with Crippen molar-refractivity contribution in [2.24, 2.45) is 0 Å². The third-order valence-corrected chi connectivity index (χ3v) is 6.79. The number of halogens is 3. The van der Waals surface area contributed by atoms with Crippen LogP contribution in [0.25, 0.3) is 10.9 Å². The molecule has 1 saturated heterocycles. The summed E-state index contributed by atoms with van der Waals surface area (Å²) in [5, 5.41) is 6.59. The van der Waals surface area contributed by atoms with Gasteiger partial charge in [0.25, 0.3) is 5.91 Å². The molecule has 2 aromatic carbocycles. The number of nitrogens with zero attached hydrogens (tertiary/aromatic N) is 1. The van der Waals surface area contributed by atoms with Gasteiger partial charge >= 0.3 is 6.18 Å². The molecule has 1 aromatic heterocycles. The van der Waals surface area contributed by atoms with Crippen LogP contribution in [0.5, 0.6) is 0 Å². The monoisotopic (exact) mass is 505 g/mol. The van der Waals surface area contributed by atoms with Crippen LogP contribution in [0, 0.1) is 0 Å². The molecule has 35 heavy (non-hydrogen) atoms. The molecule has 0 spiro atoms. The van der Waals surface area contributed by atoms with Gasteiger partial charge in [0, 0.05) is 53.8 Å². The molecule has 10 heteroatoms. The number of aromatic nitrogens is 1. The van der Waals surface area contributed by atoms with Crippen molar-refractivity contribution in [1.82, 2.24) is 15.2 Å². The molecule has 0 aliphatic carbocycles. The standard InChI is InChI=1S/C25H26F3N3O3S/c26-25(27,28)18-6-3-5-17(13-18)24(33)29-10-11-31-15-22(20-8-1-2-9-21(20)31)35-16-23(32)30-14-19-7-4-12-34-19/h1-3,5-6,8-9,13,15,19H,4,7,10-12,14,16H2,(H,29,33)(H,30,32)/t19-/m0/s1. The van der Waals surface area contributed by atoms with Gasteiger partial charge in [0.1, 0.15) is 0 Å². The maximum absolute atomic E-state index is 12.9. The Morgan fingerprint density at radius 1 is 1.11 bits per heavy atom. The number of amides is 2. The van der Waals surface area contributed by atoms with E-state index in [0.717, 1.165) is 47.4 Å². The summed E-state index contributed by atoms with van der Waals surface area (Å²) in [6, 6.07) is 12.1. The van der Waals surface area contributed by atoms with E-state index in [-0.39, 0.29) is 29.9 Å². The molecule has 1 atom stereocenters. The fourth-order valence-corrected chi connectivity index (χ4v) is 4.89. The lowest BCUT2D eigenvalue weighted by atomic mass is 10.1. The third-order valence-electron chi connectivity index (χ3n) is 5.75. The maximum atomic E-state index is 12.9. The molecule has 2 heterocycles. The average Bonchev–Trinajstić information content (AvgIpc) is 3.49. The van der Waals surface area contributed by atoms with Crippen molar-refractivity contribution in [3.8, 4) is 0 Å². The first-order valence-corrected chi connectivity index (χ1v) is 12.3. The molecule has 0 saturated carbocycles. The molecule has 6 nitrogen and oxygen atoms in total. The summed E-state index contributed by atoms with van der Waals surface area (Å²) in [6.45, 7) is 1.93. The minimum absolute atomic E-state index is 0.0394. The number of benzene rings is 2. The number of para-hydroxylation sites is 1. The zero-order valence-electron chi connectivity index (χ0n) is 18.9. The van der Waals surface area contributed by atoms with E-state index in [1.54, 1.807) is 0 Å². The highest BCUT2D eigenvalue weighted by Crippen LogP contribution is 2.30. The van der Waals surface area contributed by atoms with E-state index < -0.39 is 17.6 Å². The maximum Gasteiger partial charge on any atom is 0.416 e. The Labute approximate surface area is 205 Å². The second kappa shape index (κ2) is 11.2. The molecule has 1 aliphatic rings. The quantitative estimate of drug-likeness (QED) is 0.421. The van der Waals surface area contributed by atoms with Gasteiger partial charge in [-0.05, 0) is 37.1 Å². The Kier molecular flexibility index (Phi) is 8.02. The molecule has 2 amide bonds. The van der Waals surface area contributed by atoms with E-state index >= 15 is 0 Å². The number of thioether (sulfide) groups is 1. The van der Waals surface area contributed by atoms with Crippen LogP contribution in [0.4, 0.5) is 13.2 Å². The van der Waals surface area contributed by atoms with Crippen molar-refractivity contribution in [2.75, 3.05) is 25.4 Å². The van der Waals surface area contributed by atoms with Gasteiger partial charge in [-0.15, -0.1) is 11.8 Å². The van der Waals surface area contributed by atoms with Crippen LogP contribution < -0.4 is 10.6 Å². The van der Waals surface area contributed by atoms with Crippen molar-refractivity contribution in [3.63, 3.8) is 0 Å². The fraction of sp³-hybridized carbons (Fsp3) is 0.360. The molecule has 2 N–H and O–H groups in total. The third kappa shape index (κ3) is 6.58. The molecular formula is C25H26F3N3O3S. The van der Waals surface area contributed by atoms with Crippen LogP contribution in [0.15, 0.2) is 59.6 Å². The normalized spacial score (nSPS) is 15.9. The average molecular weight is 506 g/mol. The molecule has 186 valence electrons. The fourth-order valence-electron chi connectivity index (χ4n) is 3.97. The molecule has 0 radical (unpaired) electrons. The number of carbonyl (C=O) groups excluding carboxylic acids is 2. The van der Waals surface area contributed by atoms with E-state index in [9.17, 15) is 22.8 Å². The van der Waals surface area contributed by atoms with Crippen molar-refractivity contribution < 1.29 is 27.5 Å². The number of nitrogens with one attached hydrogen (secondary N) is 2. The van der Waals surface area contributed by atoms with Crippen LogP contribution in [0.1, 0.15) is 28.8 Å². The van der Waals surface area contributed by atoms with Gasteiger partial charge in [-0.3, -0.25) is 9.59 Å². The van der Waals surface area contributed by atoms with Crippen molar-refractivity contribution in [3.05, 3.63) is 65.9 Å². The number of carbonyl (C=O) groups is 2. The molecule has 4 rings (SSSR count). The number of hydrogen-bond donors (Lipinski definition) is 2. The summed E-state index contributed by atoms with van der Waals surface area (Å²) in [4.78, 5) is 25.6. The van der Waals surface area contributed by atoms with Gasteiger partial charge < -0.3 is 19.9 Å². The van der Waals surface area contributed by atoms with Crippen LogP contribution in [0.2, 0.25) is 0 Å². The second-order valence-electron chi connectivity index (χ2n) is 8.27. The molecule has 0 unspecified atom stereocenters. The largest absolute Gasteiger partial charge is 0.416 e. The highest BCUT2D eigenvalue weighted by Gasteiger charge is 2.30. The van der Waals surface area contributed by atoms with Gasteiger partial charge in [0.15, 0.2) is 0 Å². The summed E-state index contributed by atoms with van der Waals surface area (Å²) in [5.74, 6) is -0.353. The SMILES string of the molecule is O=C(CSc1cn(CCNC(=O)c2cccc(C(F)(F)F)c2)c2ccccc12)NC[C@@H]1CCCO1. The van der Waals surface area contributed by atoms with Crippen LogP contribution in [-0.2, 0) is 22.3 Å². The minimum Gasteiger partial charge on any atom is -0.376 e. The Morgan fingerprint density at radius 2 is 1.94 bits per heavy atom. The highest BCUT2D eigenvalue weighted by molar-refractivity contribution is 8.00. The van der Waals surface area contributed by atoms with E-state index in [4.69, 9.17) is 4.74 Å². The number of alkyl halides is 3. The van der Waals surface area contributed by atoms with Gasteiger partial charge in [0.2, 0.25) is 5.91 Å². The Hall–Kier alpha value is -2.98. The van der Waals surface area contributed by atoms with Gasteiger partial charge in [-0.1, -0.05) is 24.3 Å². The number of rotatable bonds is 9. The predicted molar refractivity (Wildman–Crippen MR) is 128 cm³/mol.